The summed E-state index contributed by atoms with van der Waals surface area (Å²) in [4.78, 5) is 21.9. The number of carboxylic acids is 1. The van der Waals surface area contributed by atoms with Gasteiger partial charge in [0.05, 0.1) is 4.90 Å². The first-order valence-corrected chi connectivity index (χ1v) is 8.67. The molecule has 8 heteroatoms. The van der Waals surface area contributed by atoms with Gasteiger partial charge in [0.1, 0.15) is 6.04 Å². The van der Waals surface area contributed by atoms with Crippen LogP contribution in [-0.4, -0.2) is 37.2 Å². The molecule has 0 spiro atoms. The average Bonchev–Trinajstić information content (AvgIpc) is 2.34. The quantitative estimate of drug-likeness (QED) is 0.759. The molecular formula is C12H15NO5S2. The fraction of sp³-hybridized carbons (Fsp3) is 0.333. The molecule has 0 saturated carbocycles. The summed E-state index contributed by atoms with van der Waals surface area (Å²) < 4.78 is 24.0. The first-order valence-electron chi connectivity index (χ1n) is 5.68. The molecule has 6 nitrogen and oxygen atoms in total. The molecule has 1 aromatic carbocycles. The molecule has 1 rings (SSSR count). The van der Waals surface area contributed by atoms with Crippen LogP contribution in [0.5, 0.6) is 0 Å². The van der Waals surface area contributed by atoms with Crippen LogP contribution in [0.1, 0.15) is 12.5 Å². The number of benzene rings is 1. The molecule has 0 fully saturated rings. The van der Waals surface area contributed by atoms with Crippen LogP contribution in [0, 0.1) is 6.92 Å². The van der Waals surface area contributed by atoms with Crippen molar-refractivity contribution in [2.45, 2.75) is 24.8 Å². The smallest absolute Gasteiger partial charge is 0.327 e. The van der Waals surface area contributed by atoms with Crippen LogP contribution in [0.4, 0.5) is 0 Å². The Balaban J connectivity index is 2.78. The van der Waals surface area contributed by atoms with Crippen LogP contribution in [0.2, 0.25) is 0 Å². The van der Waals surface area contributed by atoms with Crippen molar-refractivity contribution in [3.63, 3.8) is 0 Å². The van der Waals surface area contributed by atoms with Crippen molar-refractivity contribution >= 4 is 31.5 Å². The number of rotatable bonds is 6. The zero-order valence-corrected chi connectivity index (χ0v) is 12.6. The number of hydrogen-bond acceptors (Lipinski definition) is 5. The van der Waals surface area contributed by atoms with E-state index in [0.29, 0.717) is 10.8 Å². The monoisotopic (exact) mass is 317 g/mol. The Hall–Kier alpha value is -1.54. The lowest BCUT2D eigenvalue weighted by Crippen LogP contribution is -2.41. The van der Waals surface area contributed by atoms with Crippen molar-refractivity contribution in [1.29, 1.82) is 0 Å². The minimum absolute atomic E-state index is 0.111. The third kappa shape index (κ3) is 4.86. The molecule has 1 aromatic rings. The van der Waals surface area contributed by atoms with Crippen molar-refractivity contribution < 1.29 is 23.1 Å². The van der Waals surface area contributed by atoms with Crippen LogP contribution >= 0.6 is 10.8 Å². The van der Waals surface area contributed by atoms with Gasteiger partial charge in [0.2, 0.25) is 14.8 Å². The summed E-state index contributed by atoms with van der Waals surface area (Å²) in [5, 5.41) is 11.1. The molecule has 0 bridgehead atoms. The summed E-state index contributed by atoms with van der Waals surface area (Å²) in [6.07, 6.45) is 0. The molecule has 0 aromatic heterocycles. The molecule has 0 aliphatic rings. The second-order valence-electron chi connectivity index (χ2n) is 4.14. The van der Waals surface area contributed by atoms with E-state index >= 15 is 0 Å². The van der Waals surface area contributed by atoms with Gasteiger partial charge in [0.15, 0.2) is 0 Å². The van der Waals surface area contributed by atoms with Gasteiger partial charge in [-0.3, -0.25) is 4.79 Å². The largest absolute Gasteiger partial charge is 0.480 e. The molecular weight excluding hydrogens is 302 g/mol. The van der Waals surface area contributed by atoms with Crippen LogP contribution in [0.3, 0.4) is 0 Å². The lowest BCUT2D eigenvalue weighted by Gasteiger charge is -2.12. The number of hydrogen-bond donors (Lipinski definition) is 2. The molecule has 0 saturated heterocycles. The normalized spacial score (nSPS) is 12.7. The van der Waals surface area contributed by atoms with Crippen LogP contribution in [-0.2, 0) is 18.5 Å². The van der Waals surface area contributed by atoms with Gasteiger partial charge in [-0.25, -0.2) is 13.2 Å². The highest BCUT2D eigenvalue weighted by Gasteiger charge is 2.23. The maximum Gasteiger partial charge on any atom is 0.327 e. The molecule has 0 heterocycles. The van der Waals surface area contributed by atoms with E-state index < -0.39 is 26.8 Å². The summed E-state index contributed by atoms with van der Waals surface area (Å²) in [7, 11) is -3.15. The third-order valence-electron chi connectivity index (χ3n) is 2.38. The van der Waals surface area contributed by atoms with Gasteiger partial charge in [0, 0.05) is 12.7 Å². The predicted molar refractivity (Wildman–Crippen MR) is 76.1 cm³/mol. The summed E-state index contributed by atoms with van der Waals surface area (Å²) in [5.74, 6) is -2.05. The number of carbonyl (C=O) groups is 2. The highest BCUT2D eigenvalue weighted by molar-refractivity contribution is 8.72. The van der Waals surface area contributed by atoms with E-state index in [4.69, 9.17) is 5.11 Å². The number of nitrogens with one attached hydrogen (secondary N) is 1. The zero-order valence-electron chi connectivity index (χ0n) is 11.0. The number of aliphatic carboxylic acids is 1. The molecule has 1 amide bonds. The summed E-state index contributed by atoms with van der Waals surface area (Å²) in [5.41, 5.74) is 0.926. The van der Waals surface area contributed by atoms with E-state index in [2.05, 4.69) is 5.32 Å². The van der Waals surface area contributed by atoms with Crippen molar-refractivity contribution in [3.05, 3.63) is 29.8 Å². The fourth-order valence-corrected chi connectivity index (χ4v) is 4.18. The van der Waals surface area contributed by atoms with E-state index in [0.717, 1.165) is 5.56 Å². The summed E-state index contributed by atoms with van der Waals surface area (Å²) in [6, 6.07) is 5.02. The second-order valence-corrected chi connectivity index (χ2v) is 8.12. The average molecular weight is 317 g/mol. The lowest BCUT2D eigenvalue weighted by molar-refractivity contribution is -0.140. The molecule has 0 aliphatic heterocycles. The molecule has 2 N–H and O–H groups in total. The minimum atomic E-state index is -3.64. The van der Waals surface area contributed by atoms with E-state index in [-0.39, 0.29) is 10.6 Å². The van der Waals surface area contributed by atoms with Crippen molar-refractivity contribution in [2.24, 2.45) is 0 Å². The number of carboxylic acid groups (broad SMARTS) is 1. The molecule has 0 unspecified atom stereocenters. The Labute approximate surface area is 120 Å². The minimum Gasteiger partial charge on any atom is -0.480 e. The Morgan fingerprint density at radius 1 is 1.30 bits per heavy atom. The number of aryl methyl sites for hydroxylation is 1. The Morgan fingerprint density at radius 2 is 1.85 bits per heavy atom. The summed E-state index contributed by atoms with van der Waals surface area (Å²) in [6.45, 7) is 3.01. The highest BCUT2D eigenvalue weighted by Crippen LogP contribution is 2.24. The number of carbonyl (C=O) groups excluding carboxylic acids is 1. The van der Waals surface area contributed by atoms with E-state index in [1.807, 2.05) is 6.92 Å². The van der Waals surface area contributed by atoms with Crippen molar-refractivity contribution in [1.82, 2.24) is 5.32 Å². The van der Waals surface area contributed by atoms with Gasteiger partial charge in [-0.1, -0.05) is 17.7 Å². The third-order valence-corrected chi connectivity index (χ3v) is 5.92. The zero-order chi connectivity index (χ0) is 15.3. The van der Waals surface area contributed by atoms with Crippen molar-refractivity contribution in [3.8, 4) is 0 Å². The lowest BCUT2D eigenvalue weighted by atomic mass is 10.2. The topological polar surface area (TPSA) is 101 Å². The van der Waals surface area contributed by atoms with E-state index in [1.165, 1.54) is 19.1 Å². The van der Waals surface area contributed by atoms with Gasteiger partial charge in [-0.2, -0.15) is 0 Å². The Bertz CT molecular complexity index is 595. The maximum atomic E-state index is 12.0. The van der Waals surface area contributed by atoms with Gasteiger partial charge in [0.25, 0.3) is 0 Å². The Morgan fingerprint density at radius 3 is 2.30 bits per heavy atom. The van der Waals surface area contributed by atoms with Gasteiger partial charge in [-0.05, 0) is 29.9 Å². The van der Waals surface area contributed by atoms with Crippen molar-refractivity contribution in [2.75, 3.05) is 5.75 Å². The van der Waals surface area contributed by atoms with E-state index in [9.17, 15) is 18.0 Å². The van der Waals surface area contributed by atoms with Gasteiger partial charge >= 0.3 is 5.97 Å². The Kier molecular flexibility index (Phi) is 5.58. The molecule has 20 heavy (non-hydrogen) atoms. The molecule has 110 valence electrons. The second kappa shape index (κ2) is 6.76. The van der Waals surface area contributed by atoms with Gasteiger partial charge in [-0.15, -0.1) is 0 Å². The molecule has 1 atom stereocenters. The van der Waals surface area contributed by atoms with Crippen LogP contribution < -0.4 is 5.32 Å². The first-order chi connectivity index (χ1) is 9.22. The first kappa shape index (κ1) is 16.5. The van der Waals surface area contributed by atoms with Crippen LogP contribution in [0.25, 0.3) is 0 Å². The van der Waals surface area contributed by atoms with Crippen LogP contribution in [0.15, 0.2) is 29.2 Å². The summed E-state index contributed by atoms with van der Waals surface area (Å²) >= 11 is 0. The molecule has 0 radical (unpaired) electrons. The van der Waals surface area contributed by atoms with E-state index in [1.54, 1.807) is 12.1 Å². The fourth-order valence-electron chi connectivity index (χ4n) is 1.35. The molecule has 0 aliphatic carbocycles. The maximum absolute atomic E-state index is 12.0. The van der Waals surface area contributed by atoms with Gasteiger partial charge < -0.3 is 10.4 Å². The highest BCUT2D eigenvalue weighted by atomic mass is 33.1. The standard InChI is InChI=1S/C12H15NO5S2/c1-8-3-5-10(6-4-8)20(17,18)19-7-11(12(15)16)13-9(2)14/h3-6,11H,7H2,1-2H3,(H,13,14)(H,15,16)/t11-/m1/s1. The predicted octanol–water partition coefficient (Wildman–Crippen LogP) is 1.01. The SMILES string of the molecule is CC(=O)N[C@H](CSS(=O)(=O)c1ccc(C)cc1)C(=O)O. The number of amides is 1.